The maximum atomic E-state index is 10.1. The zero-order valence-electron chi connectivity index (χ0n) is 27.6. The number of allylic oxidation sites excluding steroid dienone is 21. The lowest BCUT2D eigenvalue weighted by atomic mass is 9.68. The molecule has 2 aliphatic carbocycles. The van der Waals surface area contributed by atoms with Crippen LogP contribution in [0.25, 0.3) is 0 Å². The molecule has 0 fully saturated rings. The van der Waals surface area contributed by atoms with E-state index in [-0.39, 0.29) is 11.5 Å². The summed E-state index contributed by atoms with van der Waals surface area (Å²) < 4.78 is 0. The van der Waals surface area contributed by atoms with E-state index in [1.165, 1.54) is 51.9 Å². The molecule has 0 aliphatic heterocycles. The van der Waals surface area contributed by atoms with Crippen molar-refractivity contribution in [2.45, 2.75) is 101 Å². The molecule has 0 aromatic carbocycles. The van der Waals surface area contributed by atoms with E-state index in [2.05, 4.69) is 160 Å². The first-order valence-electron chi connectivity index (χ1n) is 15.3. The van der Waals surface area contributed by atoms with Gasteiger partial charge in [0.1, 0.15) is 0 Å². The number of aliphatic hydroxyl groups excluding tert-OH is 1. The highest BCUT2D eigenvalue weighted by Crippen LogP contribution is 2.42. The Kier molecular flexibility index (Phi) is 13.3. The van der Waals surface area contributed by atoms with Gasteiger partial charge in [-0.3, -0.25) is 0 Å². The smallest absolute Gasteiger partial charge is 0.0585 e. The molecule has 2 atom stereocenters. The van der Waals surface area contributed by atoms with E-state index >= 15 is 0 Å². The van der Waals surface area contributed by atoms with Gasteiger partial charge in [-0.15, -0.1) is 0 Å². The van der Waals surface area contributed by atoms with Gasteiger partial charge in [0.25, 0.3) is 0 Å². The molecule has 1 unspecified atom stereocenters. The van der Waals surface area contributed by atoms with E-state index in [1.807, 2.05) is 0 Å². The van der Waals surface area contributed by atoms with Gasteiger partial charge in [0.15, 0.2) is 0 Å². The molecule has 0 spiro atoms. The van der Waals surface area contributed by atoms with Crippen LogP contribution in [0.4, 0.5) is 0 Å². The van der Waals surface area contributed by atoms with Gasteiger partial charge < -0.3 is 5.11 Å². The largest absolute Gasteiger partial charge is 0.393 e. The lowest BCUT2D eigenvalue weighted by Crippen LogP contribution is -2.28. The van der Waals surface area contributed by atoms with Crippen molar-refractivity contribution in [1.82, 2.24) is 0 Å². The Labute approximate surface area is 252 Å². The Hall–Kier alpha value is -2.90. The van der Waals surface area contributed by atoms with Crippen molar-refractivity contribution in [3.05, 3.63) is 130 Å². The molecule has 2 rings (SSSR count). The van der Waals surface area contributed by atoms with Crippen molar-refractivity contribution in [1.29, 1.82) is 0 Å². The molecule has 0 aromatic heterocycles. The van der Waals surface area contributed by atoms with Crippen molar-refractivity contribution in [3.63, 3.8) is 0 Å². The van der Waals surface area contributed by atoms with E-state index in [0.29, 0.717) is 11.3 Å². The fourth-order valence-electron chi connectivity index (χ4n) is 5.97. The minimum absolute atomic E-state index is 0.0126. The van der Waals surface area contributed by atoms with Gasteiger partial charge >= 0.3 is 0 Å². The molecule has 0 amide bonds. The molecule has 0 bridgehead atoms. The van der Waals surface area contributed by atoms with Crippen molar-refractivity contribution in [2.24, 2.45) is 16.7 Å². The van der Waals surface area contributed by atoms with Crippen LogP contribution in [0, 0.1) is 16.7 Å². The predicted octanol–water partition coefficient (Wildman–Crippen LogP) is 11.4. The minimum atomic E-state index is -0.221. The van der Waals surface area contributed by atoms with Crippen molar-refractivity contribution in [3.8, 4) is 0 Å². The summed E-state index contributed by atoms with van der Waals surface area (Å²) in [5.74, 6) is 0.524. The summed E-state index contributed by atoms with van der Waals surface area (Å²) in [6, 6.07) is 0. The van der Waals surface area contributed by atoms with Crippen molar-refractivity contribution >= 4 is 0 Å². The minimum Gasteiger partial charge on any atom is -0.393 e. The van der Waals surface area contributed by atoms with Crippen LogP contribution in [0.15, 0.2) is 130 Å². The average Bonchev–Trinajstić information content (AvgIpc) is 2.84. The van der Waals surface area contributed by atoms with Gasteiger partial charge in [-0.25, -0.2) is 0 Å². The molecule has 1 nitrogen and oxygen atoms in total. The normalized spacial score (nSPS) is 25.1. The average molecular weight is 553 g/mol. The first-order valence-corrected chi connectivity index (χ1v) is 15.3. The van der Waals surface area contributed by atoms with Crippen LogP contribution in [-0.2, 0) is 0 Å². The van der Waals surface area contributed by atoms with Crippen LogP contribution in [0.3, 0.4) is 0 Å². The number of aliphatic hydroxyl groups is 1. The summed E-state index contributed by atoms with van der Waals surface area (Å²) in [6.07, 6.45) is 36.6. The van der Waals surface area contributed by atoms with Gasteiger partial charge in [0.05, 0.1) is 6.10 Å². The lowest BCUT2D eigenvalue weighted by molar-refractivity contribution is 0.116. The zero-order chi connectivity index (χ0) is 30.6. The summed E-state index contributed by atoms with van der Waals surface area (Å²) in [5, 5.41) is 10.1. The monoisotopic (exact) mass is 552 g/mol. The van der Waals surface area contributed by atoms with Gasteiger partial charge in [-0.1, -0.05) is 152 Å². The molecule has 0 saturated heterocycles. The Balaban J connectivity index is 1.89. The fraction of sp³-hybridized carbons (Fsp3) is 0.450. The first kappa shape index (κ1) is 34.3. The molecule has 0 heterocycles. The van der Waals surface area contributed by atoms with Crippen LogP contribution in [0.5, 0.6) is 0 Å². The zero-order valence-corrected chi connectivity index (χ0v) is 27.6. The lowest BCUT2D eigenvalue weighted by Gasteiger charge is -2.36. The second kappa shape index (κ2) is 15.9. The van der Waals surface area contributed by atoms with Gasteiger partial charge in [0, 0.05) is 5.92 Å². The van der Waals surface area contributed by atoms with Gasteiger partial charge in [-0.2, -0.15) is 0 Å². The van der Waals surface area contributed by atoms with Crippen LogP contribution in [0.2, 0.25) is 0 Å². The topological polar surface area (TPSA) is 20.2 Å². The summed E-state index contributed by atoms with van der Waals surface area (Å²) in [6.45, 7) is 22.2. The maximum Gasteiger partial charge on any atom is 0.0585 e. The van der Waals surface area contributed by atoms with Crippen LogP contribution in [-0.4, -0.2) is 11.2 Å². The van der Waals surface area contributed by atoms with Crippen LogP contribution < -0.4 is 0 Å². The molecule has 222 valence electrons. The maximum absolute atomic E-state index is 10.1. The first-order chi connectivity index (χ1) is 19.2. The standard InChI is InChI=1S/C40H56O/c1-30(18-13-20-32(3)23-25-37-34(5)22-15-27-39(37,7)8)16-11-12-17-31(2)19-14-21-33(4)24-26-38-35(6)28-36(41)29-40(38,9)10/h11-14,16-26,36-37,41H,15,27-29H2,1-10H3/t36-,37?/m1/s1. The Morgan fingerprint density at radius 2 is 1.27 bits per heavy atom. The SMILES string of the molecule is CC(C=CC=C(C)C=CC1=C(C)C[C@@H](O)CC1(C)C)=CC=CC=C(C)C=CC=C(C)C=CC1C(C)=CCCC1(C)C. The van der Waals surface area contributed by atoms with Crippen LogP contribution in [0.1, 0.15) is 94.9 Å². The number of hydrogen-bond donors (Lipinski definition) is 1. The quantitative estimate of drug-likeness (QED) is 0.211. The predicted molar refractivity (Wildman–Crippen MR) is 183 cm³/mol. The second-order valence-electron chi connectivity index (χ2n) is 13.5. The summed E-state index contributed by atoms with van der Waals surface area (Å²) in [4.78, 5) is 0. The Bertz CT molecular complexity index is 1240. The fourth-order valence-corrected chi connectivity index (χ4v) is 5.97. The highest BCUT2D eigenvalue weighted by Gasteiger charge is 2.31. The third kappa shape index (κ3) is 11.9. The molecular weight excluding hydrogens is 496 g/mol. The molecule has 41 heavy (non-hydrogen) atoms. The molecule has 0 radical (unpaired) electrons. The Morgan fingerprint density at radius 1 is 0.756 bits per heavy atom. The van der Waals surface area contributed by atoms with E-state index in [0.717, 1.165) is 12.8 Å². The van der Waals surface area contributed by atoms with E-state index < -0.39 is 0 Å². The molecule has 1 heteroatoms. The molecule has 2 aliphatic rings. The van der Waals surface area contributed by atoms with E-state index in [1.54, 1.807) is 0 Å². The van der Waals surface area contributed by atoms with E-state index in [9.17, 15) is 5.11 Å². The highest BCUT2D eigenvalue weighted by molar-refractivity contribution is 5.38. The third-order valence-electron chi connectivity index (χ3n) is 8.39. The summed E-state index contributed by atoms with van der Waals surface area (Å²) in [7, 11) is 0. The second-order valence-corrected chi connectivity index (χ2v) is 13.5. The van der Waals surface area contributed by atoms with Gasteiger partial charge in [-0.05, 0) is 83.6 Å². The van der Waals surface area contributed by atoms with Crippen molar-refractivity contribution < 1.29 is 5.11 Å². The van der Waals surface area contributed by atoms with Gasteiger partial charge in [0.2, 0.25) is 0 Å². The van der Waals surface area contributed by atoms with Crippen LogP contribution >= 0.6 is 0 Å². The number of hydrogen-bond acceptors (Lipinski definition) is 1. The molecule has 1 N–H and O–H groups in total. The van der Waals surface area contributed by atoms with E-state index in [4.69, 9.17) is 0 Å². The highest BCUT2D eigenvalue weighted by atomic mass is 16.3. The third-order valence-corrected chi connectivity index (χ3v) is 8.39. The number of rotatable bonds is 10. The van der Waals surface area contributed by atoms with Crippen molar-refractivity contribution in [2.75, 3.05) is 0 Å². The summed E-state index contributed by atoms with van der Waals surface area (Å²) in [5.41, 5.74) is 9.40. The molecular formula is C40H56O. The molecule has 0 saturated carbocycles. The Morgan fingerprint density at radius 3 is 1.80 bits per heavy atom. The molecule has 0 aromatic rings. The summed E-state index contributed by atoms with van der Waals surface area (Å²) >= 11 is 0.